The van der Waals surface area contributed by atoms with Crippen LogP contribution in [0.2, 0.25) is 0 Å². The average Bonchev–Trinajstić information content (AvgIpc) is 2.47. The Kier molecular flexibility index (Phi) is 4.78. The van der Waals surface area contributed by atoms with Gasteiger partial charge in [0.25, 0.3) is 0 Å². The van der Waals surface area contributed by atoms with Crippen molar-refractivity contribution in [3.05, 3.63) is 35.4 Å². The Morgan fingerprint density at radius 2 is 2.10 bits per heavy atom. The molecule has 0 saturated heterocycles. The van der Waals surface area contributed by atoms with Gasteiger partial charge in [0.2, 0.25) is 0 Å². The lowest BCUT2D eigenvalue weighted by Crippen LogP contribution is -2.56. The van der Waals surface area contributed by atoms with E-state index < -0.39 is 5.54 Å². The molecule has 0 bridgehead atoms. The van der Waals surface area contributed by atoms with Crippen LogP contribution in [-0.2, 0) is 22.5 Å². The van der Waals surface area contributed by atoms with Crippen molar-refractivity contribution in [1.82, 2.24) is 10.2 Å². The minimum atomic E-state index is -0.651. The fraction of sp³-hybridized carbons (Fsp3) is 0.562. The molecule has 1 aliphatic heterocycles. The summed E-state index contributed by atoms with van der Waals surface area (Å²) in [5.41, 5.74) is 2.13. The van der Waals surface area contributed by atoms with Crippen LogP contribution >= 0.6 is 0 Å². The first-order valence-corrected chi connectivity index (χ1v) is 7.24. The third-order valence-electron chi connectivity index (χ3n) is 4.03. The number of hydrogen-bond acceptors (Lipinski definition) is 4. The number of benzene rings is 1. The van der Waals surface area contributed by atoms with Crippen molar-refractivity contribution in [2.75, 3.05) is 26.7 Å². The van der Waals surface area contributed by atoms with Gasteiger partial charge < -0.3 is 10.1 Å². The molecular weight excluding hydrogens is 252 g/mol. The molecule has 1 heterocycles. The quantitative estimate of drug-likeness (QED) is 0.829. The number of carbonyl (C=O) groups excluding carboxylic acids is 1. The van der Waals surface area contributed by atoms with E-state index in [0.29, 0.717) is 13.2 Å². The highest BCUT2D eigenvalue weighted by molar-refractivity contribution is 5.80. The van der Waals surface area contributed by atoms with E-state index in [1.807, 2.05) is 20.9 Å². The lowest BCUT2D eigenvalue weighted by Gasteiger charge is -2.36. The van der Waals surface area contributed by atoms with E-state index in [-0.39, 0.29) is 5.97 Å². The molecule has 4 nitrogen and oxygen atoms in total. The molecule has 0 radical (unpaired) electrons. The van der Waals surface area contributed by atoms with Crippen molar-refractivity contribution in [1.29, 1.82) is 0 Å². The molecule has 2 rings (SSSR count). The van der Waals surface area contributed by atoms with E-state index in [0.717, 1.165) is 19.5 Å². The van der Waals surface area contributed by atoms with E-state index in [1.165, 1.54) is 11.1 Å². The molecule has 0 amide bonds. The van der Waals surface area contributed by atoms with Crippen molar-refractivity contribution in [3.63, 3.8) is 0 Å². The van der Waals surface area contributed by atoms with Crippen LogP contribution in [0, 0.1) is 0 Å². The summed E-state index contributed by atoms with van der Waals surface area (Å²) in [6, 6.07) is 8.52. The van der Waals surface area contributed by atoms with E-state index in [9.17, 15) is 4.79 Å². The number of esters is 1. The predicted molar refractivity (Wildman–Crippen MR) is 79.5 cm³/mol. The summed E-state index contributed by atoms with van der Waals surface area (Å²) in [5, 5.41) is 3.12. The fourth-order valence-electron chi connectivity index (χ4n) is 2.67. The van der Waals surface area contributed by atoms with E-state index in [2.05, 4.69) is 34.5 Å². The monoisotopic (exact) mass is 276 g/mol. The van der Waals surface area contributed by atoms with Gasteiger partial charge in [0, 0.05) is 19.6 Å². The van der Waals surface area contributed by atoms with Crippen LogP contribution in [0.5, 0.6) is 0 Å². The zero-order valence-corrected chi connectivity index (χ0v) is 12.6. The molecule has 110 valence electrons. The third-order valence-corrected chi connectivity index (χ3v) is 4.03. The molecule has 0 fully saturated rings. The summed E-state index contributed by atoms with van der Waals surface area (Å²) in [7, 11) is 1.81. The highest BCUT2D eigenvalue weighted by Crippen LogP contribution is 2.20. The highest BCUT2D eigenvalue weighted by Gasteiger charge is 2.35. The van der Waals surface area contributed by atoms with Crippen molar-refractivity contribution in [3.8, 4) is 0 Å². The lowest BCUT2D eigenvalue weighted by molar-refractivity contribution is -0.151. The highest BCUT2D eigenvalue weighted by atomic mass is 16.5. The summed E-state index contributed by atoms with van der Waals surface area (Å²) in [6.45, 7) is 6.70. The SMILES string of the molecule is CCOC(=O)C(C)(CN1CCc2ccccc2C1)NC. The number of likely N-dealkylation sites (N-methyl/N-ethyl adjacent to an activating group) is 1. The standard InChI is InChI=1S/C16H24N2O2/c1-4-20-15(19)16(2,17-3)12-18-10-9-13-7-5-6-8-14(13)11-18/h5-8,17H,4,9-12H2,1-3H3. The van der Waals surface area contributed by atoms with E-state index >= 15 is 0 Å². The molecule has 1 N–H and O–H groups in total. The Hall–Kier alpha value is -1.39. The molecule has 1 unspecified atom stereocenters. The Bertz CT molecular complexity index is 475. The van der Waals surface area contributed by atoms with Crippen molar-refractivity contribution in [2.24, 2.45) is 0 Å². The van der Waals surface area contributed by atoms with Crippen LogP contribution in [0.4, 0.5) is 0 Å². The minimum absolute atomic E-state index is 0.179. The molecule has 0 aromatic heterocycles. The van der Waals surface area contributed by atoms with Crippen LogP contribution < -0.4 is 5.32 Å². The zero-order valence-electron chi connectivity index (χ0n) is 12.6. The van der Waals surface area contributed by atoms with Gasteiger partial charge in [-0.25, -0.2) is 0 Å². The number of rotatable bonds is 5. The molecule has 20 heavy (non-hydrogen) atoms. The number of nitrogens with one attached hydrogen (secondary N) is 1. The molecule has 1 aromatic carbocycles. The maximum Gasteiger partial charge on any atom is 0.327 e. The number of ether oxygens (including phenoxy) is 1. The first kappa shape index (κ1) is 15.0. The van der Waals surface area contributed by atoms with Crippen molar-refractivity contribution < 1.29 is 9.53 Å². The first-order chi connectivity index (χ1) is 9.59. The van der Waals surface area contributed by atoms with Crippen LogP contribution in [0.15, 0.2) is 24.3 Å². The summed E-state index contributed by atoms with van der Waals surface area (Å²) in [6.07, 6.45) is 1.04. The smallest absolute Gasteiger partial charge is 0.327 e. The topological polar surface area (TPSA) is 41.6 Å². The summed E-state index contributed by atoms with van der Waals surface area (Å²) < 4.78 is 5.18. The Morgan fingerprint density at radius 3 is 2.75 bits per heavy atom. The van der Waals surface area contributed by atoms with Gasteiger partial charge in [-0.2, -0.15) is 0 Å². The lowest BCUT2D eigenvalue weighted by atomic mass is 9.96. The van der Waals surface area contributed by atoms with Gasteiger partial charge in [-0.05, 0) is 38.4 Å². The van der Waals surface area contributed by atoms with Crippen molar-refractivity contribution in [2.45, 2.75) is 32.4 Å². The number of carbonyl (C=O) groups is 1. The summed E-state index contributed by atoms with van der Waals surface area (Å²) in [5.74, 6) is -0.179. The minimum Gasteiger partial charge on any atom is -0.465 e. The van der Waals surface area contributed by atoms with Gasteiger partial charge in [-0.15, -0.1) is 0 Å². The first-order valence-electron chi connectivity index (χ1n) is 7.24. The van der Waals surface area contributed by atoms with Crippen LogP contribution in [0.3, 0.4) is 0 Å². The third kappa shape index (κ3) is 3.19. The second-order valence-electron chi connectivity index (χ2n) is 5.53. The van der Waals surface area contributed by atoms with Gasteiger partial charge in [-0.1, -0.05) is 24.3 Å². The second-order valence-corrected chi connectivity index (χ2v) is 5.53. The van der Waals surface area contributed by atoms with Crippen molar-refractivity contribution >= 4 is 5.97 Å². The fourth-order valence-corrected chi connectivity index (χ4v) is 2.67. The largest absolute Gasteiger partial charge is 0.465 e. The van der Waals surface area contributed by atoms with Gasteiger partial charge in [0.05, 0.1) is 6.61 Å². The number of hydrogen-bond donors (Lipinski definition) is 1. The zero-order chi connectivity index (χ0) is 14.6. The van der Waals surface area contributed by atoms with E-state index in [4.69, 9.17) is 4.74 Å². The molecule has 0 aliphatic carbocycles. The van der Waals surface area contributed by atoms with Crippen LogP contribution in [0.25, 0.3) is 0 Å². The molecule has 4 heteroatoms. The Balaban J connectivity index is 2.05. The van der Waals surface area contributed by atoms with Crippen LogP contribution in [0.1, 0.15) is 25.0 Å². The van der Waals surface area contributed by atoms with Gasteiger partial charge in [0.15, 0.2) is 0 Å². The number of fused-ring (bicyclic) bond motifs is 1. The van der Waals surface area contributed by atoms with Gasteiger partial charge >= 0.3 is 5.97 Å². The van der Waals surface area contributed by atoms with Crippen LogP contribution in [-0.4, -0.2) is 43.2 Å². The average molecular weight is 276 g/mol. The second kappa shape index (κ2) is 6.37. The molecule has 0 saturated carbocycles. The predicted octanol–water partition coefficient (Wildman–Crippen LogP) is 1.59. The maximum absolute atomic E-state index is 12.1. The summed E-state index contributed by atoms with van der Waals surface area (Å²) >= 11 is 0. The molecule has 0 spiro atoms. The maximum atomic E-state index is 12.1. The van der Waals surface area contributed by atoms with Gasteiger partial charge in [0.1, 0.15) is 5.54 Å². The molecular formula is C16H24N2O2. The van der Waals surface area contributed by atoms with Gasteiger partial charge in [-0.3, -0.25) is 9.69 Å². The number of nitrogens with zero attached hydrogens (tertiary/aromatic N) is 1. The Labute approximate surface area is 121 Å². The Morgan fingerprint density at radius 1 is 1.40 bits per heavy atom. The molecule has 1 aromatic rings. The van der Waals surface area contributed by atoms with E-state index in [1.54, 1.807) is 0 Å². The molecule has 1 atom stereocenters. The summed E-state index contributed by atoms with van der Waals surface area (Å²) in [4.78, 5) is 14.4. The molecule has 1 aliphatic rings. The normalized spacial score (nSPS) is 18.1.